The van der Waals surface area contributed by atoms with E-state index in [0.717, 1.165) is 24.0 Å². The summed E-state index contributed by atoms with van der Waals surface area (Å²) in [5.41, 5.74) is 2.23. The molecular formula is C14H16N2O3. The van der Waals surface area contributed by atoms with Crippen LogP contribution in [0.4, 0.5) is 0 Å². The number of hydrogen-bond donors (Lipinski definition) is 2. The van der Waals surface area contributed by atoms with E-state index in [9.17, 15) is 14.7 Å². The van der Waals surface area contributed by atoms with Crippen molar-refractivity contribution in [3.8, 4) is 5.75 Å². The minimum Gasteiger partial charge on any atom is -0.508 e. The Morgan fingerprint density at radius 3 is 2.79 bits per heavy atom. The molecule has 0 saturated carbocycles. The number of likely N-dealkylation sites (tertiary alicyclic amines) is 1. The number of aromatic hydroxyl groups is 1. The smallest absolute Gasteiger partial charge is 0.246 e. The molecule has 0 aromatic heterocycles. The van der Waals surface area contributed by atoms with E-state index in [2.05, 4.69) is 5.32 Å². The number of aryl methyl sites for hydroxylation is 1. The molecule has 0 spiro atoms. The first-order chi connectivity index (χ1) is 9.06. The summed E-state index contributed by atoms with van der Waals surface area (Å²) >= 11 is 0. The summed E-state index contributed by atoms with van der Waals surface area (Å²) in [4.78, 5) is 24.5. The number of carbonyl (C=O) groups excluding carboxylic acids is 2. The average molecular weight is 260 g/mol. The number of imide groups is 1. The second kappa shape index (κ2) is 4.35. The normalized spacial score (nSPS) is 26.1. The quantitative estimate of drug-likeness (QED) is 0.769. The predicted octanol–water partition coefficient (Wildman–Crippen LogP) is 0.726. The number of phenolic OH excluding ortho intramolecular Hbond substituents is 1. The SMILES string of the molecule is CN1C(=O)CC(NC2CCc3cc(O)ccc32)C1=O. The summed E-state index contributed by atoms with van der Waals surface area (Å²) in [7, 11) is 1.52. The number of carbonyl (C=O) groups is 2. The Morgan fingerprint density at radius 1 is 1.32 bits per heavy atom. The topological polar surface area (TPSA) is 69.6 Å². The molecule has 0 radical (unpaired) electrons. The van der Waals surface area contributed by atoms with Crippen molar-refractivity contribution < 1.29 is 14.7 Å². The van der Waals surface area contributed by atoms with Gasteiger partial charge in [-0.25, -0.2) is 0 Å². The maximum absolute atomic E-state index is 11.9. The Balaban J connectivity index is 1.77. The number of amides is 2. The zero-order valence-electron chi connectivity index (χ0n) is 10.7. The largest absolute Gasteiger partial charge is 0.508 e. The monoisotopic (exact) mass is 260 g/mol. The summed E-state index contributed by atoms with van der Waals surface area (Å²) in [5.74, 6) is -0.0186. The number of rotatable bonds is 2. The van der Waals surface area contributed by atoms with Gasteiger partial charge in [0, 0.05) is 13.1 Å². The van der Waals surface area contributed by atoms with Gasteiger partial charge in [-0.1, -0.05) is 6.07 Å². The Hall–Kier alpha value is -1.88. The van der Waals surface area contributed by atoms with Crippen LogP contribution in [0.1, 0.15) is 30.0 Å². The molecule has 5 nitrogen and oxygen atoms in total. The van der Waals surface area contributed by atoms with E-state index in [4.69, 9.17) is 0 Å². The van der Waals surface area contributed by atoms with E-state index in [0.29, 0.717) is 0 Å². The first-order valence-corrected chi connectivity index (χ1v) is 6.44. The van der Waals surface area contributed by atoms with Crippen molar-refractivity contribution in [3.63, 3.8) is 0 Å². The van der Waals surface area contributed by atoms with Gasteiger partial charge in [-0.05, 0) is 36.1 Å². The molecule has 1 aliphatic heterocycles. The number of nitrogens with zero attached hydrogens (tertiary/aromatic N) is 1. The van der Waals surface area contributed by atoms with Crippen LogP contribution in [0.3, 0.4) is 0 Å². The van der Waals surface area contributed by atoms with Crippen LogP contribution in [-0.2, 0) is 16.0 Å². The highest BCUT2D eigenvalue weighted by Crippen LogP contribution is 2.34. The van der Waals surface area contributed by atoms with Gasteiger partial charge in [0.05, 0.1) is 12.5 Å². The molecule has 1 heterocycles. The van der Waals surface area contributed by atoms with Crippen LogP contribution in [-0.4, -0.2) is 34.9 Å². The fraction of sp³-hybridized carbons (Fsp3) is 0.429. The summed E-state index contributed by atoms with van der Waals surface area (Å²) in [6, 6.07) is 4.99. The molecule has 5 heteroatoms. The zero-order chi connectivity index (χ0) is 13.6. The van der Waals surface area contributed by atoms with Gasteiger partial charge in [-0.2, -0.15) is 0 Å². The number of phenols is 1. The highest BCUT2D eigenvalue weighted by molar-refractivity contribution is 6.05. The first kappa shape index (κ1) is 12.2. The van der Waals surface area contributed by atoms with Gasteiger partial charge in [0.25, 0.3) is 0 Å². The third-order valence-corrected chi connectivity index (χ3v) is 3.99. The number of likely N-dealkylation sites (N-methyl/N-ethyl adjacent to an activating group) is 1. The van der Waals surface area contributed by atoms with Gasteiger partial charge in [0.15, 0.2) is 0 Å². The number of hydrogen-bond acceptors (Lipinski definition) is 4. The standard InChI is InChI=1S/C14H16N2O3/c1-16-13(18)7-12(14(16)19)15-11-5-2-8-6-9(17)3-4-10(8)11/h3-4,6,11-12,15,17H,2,5,7H2,1H3. The molecule has 100 valence electrons. The Bertz CT molecular complexity index is 556. The molecule has 2 amide bonds. The average Bonchev–Trinajstić information content (AvgIpc) is 2.87. The van der Waals surface area contributed by atoms with Crippen LogP contribution in [0.2, 0.25) is 0 Å². The van der Waals surface area contributed by atoms with Crippen molar-refractivity contribution in [3.05, 3.63) is 29.3 Å². The summed E-state index contributed by atoms with van der Waals surface area (Å²) in [6.07, 6.45) is 2.01. The van der Waals surface area contributed by atoms with Gasteiger partial charge < -0.3 is 5.11 Å². The molecule has 3 rings (SSSR count). The van der Waals surface area contributed by atoms with Crippen LogP contribution >= 0.6 is 0 Å². The second-order valence-corrected chi connectivity index (χ2v) is 5.19. The lowest BCUT2D eigenvalue weighted by molar-refractivity contribution is -0.137. The highest BCUT2D eigenvalue weighted by atomic mass is 16.3. The lowest BCUT2D eigenvalue weighted by Gasteiger charge is -2.18. The predicted molar refractivity (Wildman–Crippen MR) is 68.5 cm³/mol. The van der Waals surface area contributed by atoms with E-state index >= 15 is 0 Å². The van der Waals surface area contributed by atoms with Crippen molar-refractivity contribution in [1.29, 1.82) is 0 Å². The minimum atomic E-state index is -0.415. The third kappa shape index (κ3) is 2.00. The van der Waals surface area contributed by atoms with Crippen LogP contribution < -0.4 is 5.32 Å². The van der Waals surface area contributed by atoms with E-state index in [1.54, 1.807) is 12.1 Å². The summed E-state index contributed by atoms with van der Waals surface area (Å²) in [5, 5.41) is 12.7. The van der Waals surface area contributed by atoms with Gasteiger partial charge in [0.2, 0.25) is 11.8 Å². The second-order valence-electron chi connectivity index (χ2n) is 5.19. The molecule has 1 fully saturated rings. The molecule has 1 aliphatic carbocycles. The Labute approximate surface area is 111 Å². The molecule has 1 aromatic rings. The third-order valence-electron chi connectivity index (χ3n) is 3.99. The van der Waals surface area contributed by atoms with Gasteiger partial charge in [0.1, 0.15) is 5.75 Å². The number of nitrogens with one attached hydrogen (secondary N) is 1. The van der Waals surface area contributed by atoms with Crippen LogP contribution in [0.5, 0.6) is 5.75 Å². The Kier molecular flexibility index (Phi) is 2.78. The molecule has 2 atom stereocenters. The lowest BCUT2D eigenvalue weighted by Crippen LogP contribution is -2.38. The molecule has 2 unspecified atom stereocenters. The van der Waals surface area contributed by atoms with E-state index in [1.165, 1.54) is 11.9 Å². The van der Waals surface area contributed by atoms with Gasteiger partial charge in [-0.15, -0.1) is 0 Å². The lowest BCUT2D eigenvalue weighted by atomic mass is 10.1. The van der Waals surface area contributed by atoms with Crippen molar-refractivity contribution >= 4 is 11.8 Å². The molecule has 0 bridgehead atoms. The highest BCUT2D eigenvalue weighted by Gasteiger charge is 2.38. The van der Waals surface area contributed by atoms with E-state index < -0.39 is 6.04 Å². The molecule has 1 aromatic carbocycles. The molecule has 1 saturated heterocycles. The molecule has 2 N–H and O–H groups in total. The summed E-state index contributed by atoms with van der Waals surface area (Å²) < 4.78 is 0. The fourth-order valence-corrected chi connectivity index (χ4v) is 2.91. The van der Waals surface area contributed by atoms with E-state index in [-0.39, 0.29) is 30.0 Å². The maximum Gasteiger partial charge on any atom is 0.246 e. The fourth-order valence-electron chi connectivity index (χ4n) is 2.91. The minimum absolute atomic E-state index is 0.0869. The van der Waals surface area contributed by atoms with Gasteiger partial charge in [-0.3, -0.25) is 19.8 Å². The van der Waals surface area contributed by atoms with Crippen molar-refractivity contribution in [2.75, 3.05) is 7.05 Å². The van der Waals surface area contributed by atoms with Crippen molar-refractivity contribution in [2.24, 2.45) is 0 Å². The molecule has 2 aliphatic rings. The van der Waals surface area contributed by atoms with Crippen LogP contribution in [0.15, 0.2) is 18.2 Å². The van der Waals surface area contributed by atoms with Crippen molar-refractivity contribution in [2.45, 2.75) is 31.3 Å². The molecule has 19 heavy (non-hydrogen) atoms. The number of benzene rings is 1. The van der Waals surface area contributed by atoms with Gasteiger partial charge >= 0.3 is 0 Å². The van der Waals surface area contributed by atoms with Crippen LogP contribution in [0.25, 0.3) is 0 Å². The van der Waals surface area contributed by atoms with E-state index in [1.807, 2.05) is 6.07 Å². The Morgan fingerprint density at radius 2 is 2.11 bits per heavy atom. The maximum atomic E-state index is 11.9. The zero-order valence-corrected chi connectivity index (χ0v) is 10.7. The first-order valence-electron chi connectivity index (χ1n) is 6.44. The molecular weight excluding hydrogens is 244 g/mol. The summed E-state index contributed by atoms with van der Waals surface area (Å²) in [6.45, 7) is 0. The van der Waals surface area contributed by atoms with Crippen LogP contribution in [0, 0.1) is 0 Å². The van der Waals surface area contributed by atoms with Crippen molar-refractivity contribution in [1.82, 2.24) is 10.2 Å². The number of fused-ring (bicyclic) bond motifs is 1.